The zero-order valence-electron chi connectivity index (χ0n) is 19.8. The van der Waals surface area contributed by atoms with Crippen molar-refractivity contribution >= 4 is 40.2 Å². The van der Waals surface area contributed by atoms with Gasteiger partial charge >= 0.3 is 0 Å². The molecular weight excluding hydrogens is 464 g/mol. The lowest BCUT2D eigenvalue weighted by Crippen LogP contribution is -2.25. The van der Waals surface area contributed by atoms with Gasteiger partial charge in [-0.25, -0.2) is 4.57 Å². The minimum Gasteiger partial charge on any atom is -0.360 e. The van der Waals surface area contributed by atoms with Crippen LogP contribution in [0.4, 0.5) is 5.82 Å². The minimum atomic E-state index is -0.459. The molecule has 0 aliphatic heterocycles. The molecule has 0 bridgehead atoms. The summed E-state index contributed by atoms with van der Waals surface area (Å²) in [7, 11) is 0. The summed E-state index contributed by atoms with van der Waals surface area (Å²) in [5.74, 6) is 1.17. The summed E-state index contributed by atoms with van der Waals surface area (Å²) in [6, 6.07) is 14.9. The molecule has 1 atom stereocenters. The highest BCUT2D eigenvalue weighted by molar-refractivity contribution is 8.00. The van der Waals surface area contributed by atoms with Crippen LogP contribution in [0.25, 0.3) is 22.4 Å². The molecule has 10 heteroatoms. The van der Waals surface area contributed by atoms with Crippen molar-refractivity contribution in [3.05, 3.63) is 75.8 Å². The van der Waals surface area contributed by atoms with Crippen LogP contribution in [0, 0.1) is 20.8 Å². The number of aromatic nitrogens is 5. The number of rotatable bonds is 6. The lowest BCUT2D eigenvalue weighted by molar-refractivity contribution is -0.115. The predicted molar refractivity (Wildman–Crippen MR) is 135 cm³/mol. The van der Waals surface area contributed by atoms with E-state index in [9.17, 15) is 9.59 Å². The number of thioether (sulfide) groups is 1. The Bertz CT molecular complexity index is 1610. The molecule has 35 heavy (non-hydrogen) atoms. The molecule has 0 saturated carbocycles. The molecule has 3 heterocycles. The van der Waals surface area contributed by atoms with Crippen LogP contribution < -0.4 is 10.9 Å². The van der Waals surface area contributed by atoms with E-state index < -0.39 is 5.25 Å². The first-order valence-corrected chi connectivity index (χ1v) is 12.1. The lowest BCUT2D eigenvalue weighted by Gasteiger charge is -2.16. The van der Waals surface area contributed by atoms with Gasteiger partial charge in [-0.3, -0.25) is 14.0 Å². The number of carbonyl (C=O) groups is 1. The summed E-state index contributed by atoms with van der Waals surface area (Å²) in [4.78, 5) is 26.6. The summed E-state index contributed by atoms with van der Waals surface area (Å²) < 4.78 is 8.51. The molecule has 2 aromatic carbocycles. The molecule has 0 radical (unpaired) electrons. The van der Waals surface area contributed by atoms with Crippen LogP contribution in [0.1, 0.15) is 30.2 Å². The van der Waals surface area contributed by atoms with Gasteiger partial charge in [-0.1, -0.05) is 54.2 Å². The van der Waals surface area contributed by atoms with Crippen molar-refractivity contribution in [3.63, 3.8) is 0 Å². The number of para-hydroxylation sites is 2. The van der Waals surface area contributed by atoms with E-state index in [1.54, 1.807) is 23.6 Å². The molecule has 5 rings (SSSR count). The van der Waals surface area contributed by atoms with Crippen molar-refractivity contribution in [1.29, 1.82) is 0 Å². The van der Waals surface area contributed by atoms with Gasteiger partial charge in [0, 0.05) is 6.07 Å². The van der Waals surface area contributed by atoms with Gasteiger partial charge in [-0.15, -0.1) is 10.2 Å². The fourth-order valence-electron chi connectivity index (χ4n) is 4.20. The number of hydrogen-bond donors (Lipinski definition) is 1. The first-order chi connectivity index (χ1) is 16.9. The third-order valence-corrected chi connectivity index (χ3v) is 7.15. The SMILES string of the molecule is CCC(Sc1nnc2n(-c3c(C)cccc3C)c(=O)c3ccccc3n12)C(=O)Nc1cc(C)on1. The van der Waals surface area contributed by atoms with Gasteiger partial charge in [0.25, 0.3) is 5.56 Å². The molecule has 1 N–H and O–H groups in total. The number of benzene rings is 2. The molecule has 0 saturated heterocycles. The third-order valence-electron chi connectivity index (χ3n) is 5.85. The van der Waals surface area contributed by atoms with Gasteiger partial charge in [0.1, 0.15) is 5.76 Å². The van der Waals surface area contributed by atoms with Crippen molar-refractivity contribution < 1.29 is 9.32 Å². The fourth-order valence-corrected chi connectivity index (χ4v) is 5.16. The van der Waals surface area contributed by atoms with Crippen LogP contribution in [0.15, 0.2) is 63.0 Å². The summed E-state index contributed by atoms with van der Waals surface area (Å²) >= 11 is 1.30. The molecule has 9 nitrogen and oxygen atoms in total. The fraction of sp³-hybridized carbons (Fsp3) is 0.240. The van der Waals surface area contributed by atoms with E-state index in [-0.39, 0.29) is 11.5 Å². The lowest BCUT2D eigenvalue weighted by atomic mass is 10.1. The van der Waals surface area contributed by atoms with Crippen molar-refractivity contribution in [1.82, 2.24) is 24.3 Å². The average Bonchev–Trinajstić information content (AvgIpc) is 3.45. The maximum atomic E-state index is 13.6. The maximum absolute atomic E-state index is 13.6. The van der Waals surface area contributed by atoms with Crippen LogP contribution >= 0.6 is 11.8 Å². The van der Waals surface area contributed by atoms with E-state index in [0.717, 1.165) is 16.8 Å². The number of aryl methyl sites for hydroxylation is 3. The predicted octanol–water partition coefficient (Wildman–Crippen LogP) is 4.46. The Kier molecular flexibility index (Phi) is 5.89. The Morgan fingerprint density at radius 3 is 2.51 bits per heavy atom. The van der Waals surface area contributed by atoms with E-state index in [2.05, 4.69) is 20.7 Å². The highest BCUT2D eigenvalue weighted by Crippen LogP contribution is 2.29. The molecule has 0 fully saturated rings. The van der Waals surface area contributed by atoms with Crippen LogP contribution in [-0.4, -0.2) is 35.5 Å². The maximum Gasteiger partial charge on any atom is 0.267 e. The Labute approximate surface area is 205 Å². The van der Waals surface area contributed by atoms with Crippen LogP contribution in [0.5, 0.6) is 0 Å². The van der Waals surface area contributed by atoms with Crippen molar-refractivity contribution in [3.8, 4) is 5.69 Å². The largest absolute Gasteiger partial charge is 0.360 e. The average molecular weight is 489 g/mol. The van der Waals surface area contributed by atoms with E-state index in [0.29, 0.717) is 39.8 Å². The van der Waals surface area contributed by atoms with Gasteiger partial charge in [0.15, 0.2) is 11.0 Å². The Hall–Kier alpha value is -3.92. The first kappa shape index (κ1) is 22.9. The molecule has 5 aromatic rings. The number of nitrogens with zero attached hydrogens (tertiary/aromatic N) is 5. The zero-order valence-corrected chi connectivity index (χ0v) is 20.6. The molecule has 1 amide bonds. The Balaban J connectivity index is 1.66. The Morgan fingerprint density at radius 1 is 1.09 bits per heavy atom. The number of amides is 1. The molecular formula is C25H24N6O3S. The van der Waals surface area contributed by atoms with Crippen molar-refractivity contribution in [2.24, 2.45) is 0 Å². The summed E-state index contributed by atoms with van der Waals surface area (Å²) in [6.07, 6.45) is 0.552. The minimum absolute atomic E-state index is 0.166. The number of anilines is 1. The highest BCUT2D eigenvalue weighted by atomic mass is 32.2. The van der Waals surface area contributed by atoms with Crippen LogP contribution in [0.3, 0.4) is 0 Å². The topological polar surface area (TPSA) is 107 Å². The second-order valence-corrected chi connectivity index (χ2v) is 9.51. The summed E-state index contributed by atoms with van der Waals surface area (Å²) in [6.45, 7) is 7.63. The Morgan fingerprint density at radius 2 is 1.83 bits per heavy atom. The molecule has 0 aliphatic rings. The zero-order chi connectivity index (χ0) is 24.7. The molecule has 178 valence electrons. The van der Waals surface area contributed by atoms with Gasteiger partial charge in [-0.2, -0.15) is 0 Å². The van der Waals surface area contributed by atoms with E-state index in [4.69, 9.17) is 4.52 Å². The monoisotopic (exact) mass is 488 g/mol. The van der Waals surface area contributed by atoms with Crippen molar-refractivity contribution in [2.45, 2.75) is 44.5 Å². The van der Waals surface area contributed by atoms with Crippen LogP contribution in [0.2, 0.25) is 0 Å². The molecule has 3 aromatic heterocycles. The third kappa shape index (κ3) is 3.99. The van der Waals surface area contributed by atoms with Gasteiger partial charge < -0.3 is 9.84 Å². The number of carbonyl (C=O) groups excluding carboxylic acids is 1. The van der Waals surface area contributed by atoms with Gasteiger partial charge in [0.05, 0.1) is 21.8 Å². The molecule has 0 spiro atoms. The second-order valence-electron chi connectivity index (χ2n) is 8.34. The van der Waals surface area contributed by atoms with E-state index >= 15 is 0 Å². The quantitative estimate of drug-likeness (QED) is 0.352. The number of nitrogens with one attached hydrogen (secondary N) is 1. The first-order valence-electron chi connectivity index (χ1n) is 11.2. The smallest absolute Gasteiger partial charge is 0.267 e. The standard InChI is InChI=1S/C25H24N6O3S/c1-5-19(22(32)26-20-13-16(4)34-29-20)35-25-28-27-24-30(25)18-12-7-6-11-17(18)23(33)31(24)21-14(2)9-8-10-15(21)3/h6-13,19H,5H2,1-4H3,(H,26,29,32). The number of fused-ring (bicyclic) bond motifs is 3. The number of hydrogen-bond acceptors (Lipinski definition) is 7. The van der Waals surface area contributed by atoms with E-state index in [1.807, 2.05) is 61.6 Å². The summed E-state index contributed by atoms with van der Waals surface area (Å²) in [5.41, 5.74) is 3.21. The van der Waals surface area contributed by atoms with Crippen molar-refractivity contribution in [2.75, 3.05) is 5.32 Å². The highest BCUT2D eigenvalue weighted by Gasteiger charge is 2.25. The molecule has 0 aliphatic carbocycles. The second kappa shape index (κ2) is 9.03. The van der Waals surface area contributed by atoms with E-state index in [1.165, 1.54) is 11.8 Å². The van der Waals surface area contributed by atoms with Gasteiger partial charge in [-0.05, 0) is 50.5 Å². The van der Waals surface area contributed by atoms with Crippen LogP contribution in [-0.2, 0) is 4.79 Å². The summed E-state index contributed by atoms with van der Waals surface area (Å²) in [5, 5.41) is 16.1. The molecule has 1 unspecified atom stereocenters. The normalized spacial score (nSPS) is 12.3. The van der Waals surface area contributed by atoms with Gasteiger partial charge in [0.2, 0.25) is 11.7 Å².